The van der Waals surface area contributed by atoms with E-state index in [0.29, 0.717) is 6.54 Å². The molecule has 5 nitrogen and oxygen atoms in total. The Bertz CT molecular complexity index is 770. The third kappa shape index (κ3) is 3.68. The molecule has 0 atom stereocenters. The van der Waals surface area contributed by atoms with E-state index in [-0.39, 0.29) is 5.54 Å². The van der Waals surface area contributed by atoms with Crippen LogP contribution in [0.3, 0.4) is 0 Å². The van der Waals surface area contributed by atoms with Gasteiger partial charge in [0.2, 0.25) is 0 Å². The van der Waals surface area contributed by atoms with Crippen LogP contribution in [0.2, 0.25) is 0 Å². The number of rotatable bonds is 4. The zero-order valence-corrected chi connectivity index (χ0v) is 13.2. The molecule has 0 saturated heterocycles. The lowest BCUT2D eigenvalue weighted by Gasteiger charge is -2.19. The zero-order chi connectivity index (χ0) is 15.6. The van der Waals surface area contributed by atoms with E-state index in [1.165, 1.54) is 5.56 Å². The summed E-state index contributed by atoms with van der Waals surface area (Å²) in [5.41, 5.74) is 3.24. The van der Waals surface area contributed by atoms with Crippen LogP contribution in [0, 0.1) is 0 Å². The molecule has 0 spiro atoms. The molecule has 0 aliphatic carbocycles. The standard InChI is InChI=1S/C17H21N5/c1-17(2,3)19-10-15-12-22(21-20-15)11-13-6-7-16-14(9-13)5-4-8-18-16/h4-9,12,19H,10-11H2,1-3H3. The normalized spacial score (nSPS) is 12.0. The number of aromatic nitrogens is 4. The summed E-state index contributed by atoms with van der Waals surface area (Å²) in [6.45, 7) is 7.86. The van der Waals surface area contributed by atoms with Gasteiger partial charge in [-0.1, -0.05) is 17.3 Å². The monoisotopic (exact) mass is 295 g/mol. The number of fused-ring (bicyclic) bond motifs is 1. The average Bonchev–Trinajstić information content (AvgIpc) is 2.92. The van der Waals surface area contributed by atoms with Crippen molar-refractivity contribution < 1.29 is 0 Å². The van der Waals surface area contributed by atoms with Crippen molar-refractivity contribution in [2.24, 2.45) is 0 Å². The van der Waals surface area contributed by atoms with Crippen molar-refractivity contribution >= 4 is 10.9 Å². The Hall–Kier alpha value is -2.27. The molecule has 1 aromatic carbocycles. The van der Waals surface area contributed by atoms with Crippen LogP contribution in [0.5, 0.6) is 0 Å². The van der Waals surface area contributed by atoms with Gasteiger partial charge in [0, 0.05) is 23.7 Å². The molecule has 0 radical (unpaired) electrons. The van der Waals surface area contributed by atoms with Gasteiger partial charge >= 0.3 is 0 Å². The van der Waals surface area contributed by atoms with Crippen LogP contribution >= 0.6 is 0 Å². The molecule has 2 heterocycles. The topological polar surface area (TPSA) is 55.6 Å². The van der Waals surface area contributed by atoms with Gasteiger partial charge in [-0.25, -0.2) is 4.68 Å². The Morgan fingerprint density at radius 2 is 2.05 bits per heavy atom. The van der Waals surface area contributed by atoms with E-state index < -0.39 is 0 Å². The van der Waals surface area contributed by atoms with Crippen molar-refractivity contribution in [3.8, 4) is 0 Å². The quantitative estimate of drug-likeness (QED) is 0.804. The van der Waals surface area contributed by atoms with Gasteiger partial charge in [-0.15, -0.1) is 5.10 Å². The Kier molecular flexibility index (Phi) is 3.90. The summed E-state index contributed by atoms with van der Waals surface area (Å²) in [6.07, 6.45) is 3.81. The summed E-state index contributed by atoms with van der Waals surface area (Å²) in [5, 5.41) is 13.0. The Labute approximate surface area is 130 Å². The summed E-state index contributed by atoms with van der Waals surface area (Å²) in [6, 6.07) is 10.3. The van der Waals surface area contributed by atoms with Gasteiger partial charge in [-0.05, 0) is 44.5 Å². The summed E-state index contributed by atoms with van der Waals surface area (Å²) in [7, 11) is 0. The number of benzene rings is 1. The maximum atomic E-state index is 4.34. The van der Waals surface area contributed by atoms with Crippen LogP contribution < -0.4 is 5.32 Å². The third-order valence-electron chi connectivity index (χ3n) is 3.40. The summed E-state index contributed by atoms with van der Waals surface area (Å²) in [4.78, 5) is 4.34. The third-order valence-corrected chi connectivity index (χ3v) is 3.40. The number of nitrogens with one attached hydrogen (secondary N) is 1. The van der Waals surface area contributed by atoms with Crippen LogP contribution in [-0.4, -0.2) is 25.5 Å². The Balaban J connectivity index is 1.71. The van der Waals surface area contributed by atoms with Crippen LogP contribution in [0.1, 0.15) is 32.0 Å². The van der Waals surface area contributed by atoms with Gasteiger partial charge in [0.1, 0.15) is 0 Å². The van der Waals surface area contributed by atoms with E-state index in [9.17, 15) is 0 Å². The van der Waals surface area contributed by atoms with Crippen LogP contribution in [-0.2, 0) is 13.1 Å². The fourth-order valence-corrected chi connectivity index (χ4v) is 2.26. The lowest BCUT2D eigenvalue weighted by Crippen LogP contribution is -2.35. The van der Waals surface area contributed by atoms with E-state index >= 15 is 0 Å². The van der Waals surface area contributed by atoms with Crippen molar-refractivity contribution in [1.82, 2.24) is 25.3 Å². The van der Waals surface area contributed by atoms with Crippen LogP contribution in [0.25, 0.3) is 10.9 Å². The molecule has 0 amide bonds. The van der Waals surface area contributed by atoms with E-state index in [1.54, 1.807) is 0 Å². The summed E-state index contributed by atoms with van der Waals surface area (Å²) in [5.74, 6) is 0. The van der Waals surface area contributed by atoms with Crippen molar-refractivity contribution in [3.63, 3.8) is 0 Å². The lowest BCUT2D eigenvalue weighted by molar-refractivity contribution is 0.421. The van der Waals surface area contributed by atoms with Gasteiger partial charge in [-0.3, -0.25) is 4.98 Å². The molecule has 5 heteroatoms. The van der Waals surface area contributed by atoms with Crippen molar-refractivity contribution in [1.29, 1.82) is 0 Å². The number of hydrogen-bond donors (Lipinski definition) is 1. The second-order valence-electron chi connectivity index (χ2n) is 6.54. The Morgan fingerprint density at radius 3 is 2.86 bits per heavy atom. The second kappa shape index (κ2) is 5.85. The molecule has 0 unspecified atom stereocenters. The molecule has 0 aliphatic rings. The minimum absolute atomic E-state index is 0.0785. The van der Waals surface area contributed by atoms with Gasteiger partial charge < -0.3 is 5.32 Å². The molecule has 114 valence electrons. The Morgan fingerprint density at radius 1 is 1.18 bits per heavy atom. The highest BCUT2D eigenvalue weighted by Crippen LogP contribution is 2.14. The molecule has 3 rings (SSSR count). The fourth-order valence-electron chi connectivity index (χ4n) is 2.26. The minimum atomic E-state index is 0.0785. The van der Waals surface area contributed by atoms with Crippen LogP contribution in [0.4, 0.5) is 0 Å². The van der Waals surface area contributed by atoms with Gasteiger partial charge in [-0.2, -0.15) is 0 Å². The first-order valence-electron chi connectivity index (χ1n) is 7.47. The van der Waals surface area contributed by atoms with Crippen molar-refractivity contribution in [2.45, 2.75) is 39.4 Å². The SMILES string of the molecule is CC(C)(C)NCc1cn(Cc2ccc3ncccc3c2)nn1. The first-order chi connectivity index (χ1) is 10.5. The first-order valence-corrected chi connectivity index (χ1v) is 7.47. The number of hydrogen-bond acceptors (Lipinski definition) is 4. The molecule has 0 aliphatic heterocycles. The van der Waals surface area contributed by atoms with E-state index in [4.69, 9.17) is 0 Å². The van der Waals surface area contributed by atoms with Gasteiger partial charge in [0.05, 0.1) is 24.0 Å². The largest absolute Gasteiger partial charge is 0.306 e. The molecule has 0 fully saturated rings. The number of nitrogens with zero attached hydrogens (tertiary/aromatic N) is 4. The van der Waals surface area contributed by atoms with Crippen LogP contribution in [0.15, 0.2) is 42.7 Å². The highest BCUT2D eigenvalue weighted by Gasteiger charge is 2.10. The van der Waals surface area contributed by atoms with E-state index in [1.807, 2.05) is 29.2 Å². The summed E-state index contributed by atoms with van der Waals surface area (Å²) >= 11 is 0. The predicted molar refractivity (Wildman–Crippen MR) is 87.5 cm³/mol. The highest BCUT2D eigenvalue weighted by molar-refractivity contribution is 5.78. The maximum absolute atomic E-state index is 4.34. The average molecular weight is 295 g/mol. The van der Waals surface area contributed by atoms with E-state index in [2.05, 4.69) is 59.6 Å². The minimum Gasteiger partial charge on any atom is -0.306 e. The molecule has 0 bridgehead atoms. The summed E-state index contributed by atoms with van der Waals surface area (Å²) < 4.78 is 1.87. The number of pyridine rings is 1. The molecule has 2 aromatic heterocycles. The van der Waals surface area contributed by atoms with Crippen molar-refractivity contribution in [2.75, 3.05) is 0 Å². The fraction of sp³-hybridized carbons (Fsp3) is 0.353. The van der Waals surface area contributed by atoms with Gasteiger partial charge in [0.15, 0.2) is 0 Å². The molecule has 1 N–H and O–H groups in total. The molecule has 3 aromatic rings. The molecular weight excluding hydrogens is 274 g/mol. The molecule has 0 saturated carbocycles. The van der Waals surface area contributed by atoms with Crippen molar-refractivity contribution in [3.05, 3.63) is 54.0 Å². The van der Waals surface area contributed by atoms with E-state index in [0.717, 1.165) is 23.1 Å². The highest BCUT2D eigenvalue weighted by atomic mass is 15.4. The second-order valence-corrected chi connectivity index (χ2v) is 6.54. The lowest BCUT2D eigenvalue weighted by atomic mass is 10.1. The predicted octanol–water partition coefficient (Wildman–Crippen LogP) is 2.76. The maximum Gasteiger partial charge on any atom is 0.0965 e. The first kappa shape index (κ1) is 14.7. The van der Waals surface area contributed by atoms with Gasteiger partial charge in [0.25, 0.3) is 0 Å². The molecule has 22 heavy (non-hydrogen) atoms. The smallest absolute Gasteiger partial charge is 0.0965 e. The molecular formula is C17H21N5. The zero-order valence-electron chi connectivity index (χ0n) is 13.2.